The molecule has 2 heterocycles. The lowest BCUT2D eigenvalue weighted by Crippen LogP contribution is -2.60. The van der Waals surface area contributed by atoms with Gasteiger partial charge in [0.05, 0.1) is 13.0 Å². The Morgan fingerprint density at radius 1 is 1.11 bits per heavy atom. The Labute approximate surface area is 151 Å². The Kier molecular flexibility index (Phi) is 5.44. The van der Waals surface area contributed by atoms with E-state index >= 15 is 0 Å². The van der Waals surface area contributed by atoms with Crippen LogP contribution in [0.15, 0.2) is 33.5 Å². The SMILES string of the molecule is O=C(O)Cc1cc(=O)oc2cc(OC3OC(CO)C(O)C(O)C3O)ccc12. The van der Waals surface area contributed by atoms with Gasteiger partial charge in [0.2, 0.25) is 6.29 Å². The van der Waals surface area contributed by atoms with E-state index < -0.39 is 48.9 Å². The van der Waals surface area contributed by atoms with Gasteiger partial charge in [-0.15, -0.1) is 0 Å². The van der Waals surface area contributed by atoms with Crippen LogP contribution in [-0.2, 0) is 16.0 Å². The predicted molar refractivity (Wildman–Crippen MR) is 88.2 cm³/mol. The molecule has 1 aromatic carbocycles. The van der Waals surface area contributed by atoms with Crippen LogP contribution in [0.2, 0.25) is 0 Å². The Balaban J connectivity index is 1.89. The van der Waals surface area contributed by atoms with Crippen LogP contribution in [0.5, 0.6) is 5.75 Å². The standard InChI is InChI=1S/C17H18O10/c18-6-11-14(22)15(23)16(24)17(27-11)25-8-1-2-9-7(3-12(19)20)4-13(21)26-10(9)5-8/h1-2,4-5,11,14-18,22-24H,3,6H2,(H,19,20). The van der Waals surface area contributed by atoms with E-state index in [1.807, 2.05) is 0 Å². The number of aliphatic carboxylic acids is 1. The Hall–Kier alpha value is -2.50. The van der Waals surface area contributed by atoms with Gasteiger partial charge < -0.3 is 39.4 Å². The lowest BCUT2D eigenvalue weighted by molar-refractivity contribution is -0.277. The first-order chi connectivity index (χ1) is 12.8. The zero-order valence-corrected chi connectivity index (χ0v) is 13.9. The van der Waals surface area contributed by atoms with Gasteiger partial charge in [0.15, 0.2) is 0 Å². The number of fused-ring (bicyclic) bond motifs is 1. The lowest BCUT2D eigenvalue weighted by Gasteiger charge is -2.39. The molecule has 5 atom stereocenters. The number of rotatable bonds is 5. The number of carboxylic acid groups (broad SMARTS) is 1. The van der Waals surface area contributed by atoms with Gasteiger partial charge in [-0.1, -0.05) is 0 Å². The van der Waals surface area contributed by atoms with Crippen molar-refractivity contribution in [3.63, 3.8) is 0 Å². The van der Waals surface area contributed by atoms with E-state index in [0.717, 1.165) is 6.07 Å². The van der Waals surface area contributed by atoms with E-state index in [1.54, 1.807) is 0 Å². The van der Waals surface area contributed by atoms with Crippen molar-refractivity contribution in [2.45, 2.75) is 37.1 Å². The van der Waals surface area contributed by atoms with Crippen LogP contribution < -0.4 is 10.4 Å². The topological polar surface area (TPSA) is 167 Å². The first kappa shape index (κ1) is 19.3. The summed E-state index contributed by atoms with van der Waals surface area (Å²) >= 11 is 0. The molecule has 0 spiro atoms. The molecular weight excluding hydrogens is 364 g/mol. The van der Waals surface area contributed by atoms with E-state index in [-0.39, 0.29) is 23.3 Å². The summed E-state index contributed by atoms with van der Waals surface area (Å²) in [6.07, 6.45) is -7.60. The van der Waals surface area contributed by atoms with Gasteiger partial charge in [0, 0.05) is 17.5 Å². The second-order valence-corrected chi connectivity index (χ2v) is 6.13. The van der Waals surface area contributed by atoms with Crippen molar-refractivity contribution < 1.29 is 44.2 Å². The van der Waals surface area contributed by atoms with Crippen molar-refractivity contribution >= 4 is 16.9 Å². The highest BCUT2D eigenvalue weighted by Crippen LogP contribution is 2.27. The summed E-state index contributed by atoms with van der Waals surface area (Å²) in [5, 5.41) is 48.1. The molecule has 1 saturated heterocycles. The van der Waals surface area contributed by atoms with Crippen LogP contribution >= 0.6 is 0 Å². The minimum atomic E-state index is -1.60. The maximum Gasteiger partial charge on any atom is 0.336 e. The fourth-order valence-corrected chi connectivity index (χ4v) is 2.89. The molecule has 5 unspecified atom stereocenters. The maximum absolute atomic E-state index is 11.6. The summed E-state index contributed by atoms with van der Waals surface area (Å²) in [7, 11) is 0. The minimum absolute atomic E-state index is 0.0702. The summed E-state index contributed by atoms with van der Waals surface area (Å²) in [4.78, 5) is 22.6. The molecule has 1 aliphatic rings. The van der Waals surface area contributed by atoms with Crippen LogP contribution in [0.4, 0.5) is 0 Å². The van der Waals surface area contributed by atoms with Crippen LogP contribution in [0.25, 0.3) is 11.0 Å². The van der Waals surface area contributed by atoms with E-state index in [4.69, 9.17) is 19.0 Å². The minimum Gasteiger partial charge on any atom is -0.481 e. The third kappa shape index (κ3) is 3.94. The quantitative estimate of drug-likeness (QED) is 0.388. The van der Waals surface area contributed by atoms with Crippen LogP contribution in [0.1, 0.15) is 5.56 Å². The molecule has 146 valence electrons. The van der Waals surface area contributed by atoms with Crippen molar-refractivity contribution in [2.24, 2.45) is 0 Å². The molecule has 0 amide bonds. The Morgan fingerprint density at radius 2 is 1.85 bits per heavy atom. The molecule has 3 rings (SSSR count). The molecule has 2 aromatic rings. The number of aliphatic hydroxyl groups is 4. The molecule has 1 aliphatic heterocycles. The molecule has 10 nitrogen and oxygen atoms in total. The molecule has 1 fully saturated rings. The molecule has 0 radical (unpaired) electrons. The van der Waals surface area contributed by atoms with Gasteiger partial charge in [-0.2, -0.15) is 0 Å². The third-order valence-electron chi connectivity index (χ3n) is 4.24. The van der Waals surface area contributed by atoms with Gasteiger partial charge in [0.25, 0.3) is 0 Å². The lowest BCUT2D eigenvalue weighted by atomic mass is 9.99. The highest BCUT2D eigenvalue weighted by atomic mass is 16.7. The Bertz CT molecular complexity index is 889. The first-order valence-corrected chi connectivity index (χ1v) is 8.06. The average Bonchev–Trinajstić information content (AvgIpc) is 2.61. The number of ether oxygens (including phenoxy) is 2. The molecule has 10 heteroatoms. The first-order valence-electron chi connectivity index (χ1n) is 8.06. The van der Waals surface area contributed by atoms with Crippen LogP contribution in [-0.4, -0.2) is 68.8 Å². The van der Waals surface area contributed by atoms with E-state index in [0.29, 0.717) is 5.39 Å². The fourth-order valence-electron chi connectivity index (χ4n) is 2.89. The number of benzene rings is 1. The van der Waals surface area contributed by atoms with E-state index in [9.17, 15) is 30.0 Å². The van der Waals surface area contributed by atoms with E-state index in [1.165, 1.54) is 18.2 Å². The maximum atomic E-state index is 11.6. The van der Waals surface area contributed by atoms with Crippen LogP contribution in [0.3, 0.4) is 0 Å². The molecule has 1 aromatic heterocycles. The summed E-state index contributed by atoms with van der Waals surface area (Å²) in [6, 6.07) is 5.32. The summed E-state index contributed by atoms with van der Waals surface area (Å²) < 4.78 is 15.8. The molecule has 0 bridgehead atoms. The number of carboxylic acids is 1. The van der Waals surface area contributed by atoms with Crippen molar-refractivity contribution in [3.8, 4) is 5.75 Å². The number of hydrogen-bond acceptors (Lipinski definition) is 9. The monoisotopic (exact) mass is 382 g/mol. The second kappa shape index (κ2) is 7.62. The zero-order valence-electron chi connectivity index (χ0n) is 13.9. The van der Waals surface area contributed by atoms with Crippen molar-refractivity contribution in [1.29, 1.82) is 0 Å². The van der Waals surface area contributed by atoms with Gasteiger partial charge >= 0.3 is 11.6 Å². The van der Waals surface area contributed by atoms with Gasteiger partial charge in [-0.3, -0.25) is 4.79 Å². The molecule has 0 saturated carbocycles. The number of aliphatic hydroxyl groups excluding tert-OH is 4. The average molecular weight is 382 g/mol. The highest BCUT2D eigenvalue weighted by molar-refractivity contribution is 5.85. The smallest absolute Gasteiger partial charge is 0.336 e. The Morgan fingerprint density at radius 3 is 2.52 bits per heavy atom. The predicted octanol–water partition coefficient (Wildman–Crippen LogP) is -1.40. The van der Waals surface area contributed by atoms with E-state index in [2.05, 4.69) is 0 Å². The number of hydrogen-bond donors (Lipinski definition) is 5. The molecule has 27 heavy (non-hydrogen) atoms. The molecule has 5 N–H and O–H groups in total. The zero-order chi connectivity index (χ0) is 19.7. The van der Waals surface area contributed by atoms with Crippen LogP contribution in [0, 0.1) is 0 Å². The summed E-state index contributed by atoms with van der Waals surface area (Å²) in [5.41, 5.74) is -0.391. The van der Waals surface area contributed by atoms with Gasteiger partial charge in [-0.25, -0.2) is 4.79 Å². The fraction of sp³-hybridized carbons (Fsp3) is 0.412. The van der Waals surface area contributed by atoms with Crippen molar-refractivity contribution in [3.05, 3.63) is 40.2 Å². The normalized spacial score (nSPS) is 28.2. The summed E-state index contributed by atoms with van der Waals surface area (Å²) in [5.74, 6) is -1.01. The second-order valence-electron chi connectivity index (χ2n) is 6.13. The van der Waals surface area contributed by atoms with Gasteiger partial charge in [0.1, 0.15) is 35.7 Å². The van der Waals surface area contributed by atoms with Gasteiger partial charge in [-0.05, 0) is 17.7 Å². The summed E-state index contributed by atoms with van der Waals surface area (Å²) in [6.45, 7) is -0.601. The van der Waals surface area contributed by atoms with Crippen molar-refractivity contribution in [1.82, 2.24) is 0 Å². The largest absolute Gasteiger partial charge is 0.481 e. The van der Waals surface area contributed by atoms with Crippen molar-refractivity contribution in [2.75, 3.05) is 6.61 Å². The number of carbonyl (C=O) groups is 1. The highest BCUT2D eigenvalue weighted by Gasteiger charge is 2.44. The third-order valence-corrected chi connectivity index (χ3v) is 4.24. The molecular formula is C17H18O10. The molecule has 0 aliphatic carbocycles.